The summed E-state index contributed by atoms with van der Waals surface area (Å²) in [6, 6.07) is 6.58. The van der Waals surface area contributed by atoms with Gasteiger partial charge in [-0.1, -0.05) is 39.0 Å². The van der Waals surface area contributed by atoms with E-state index in [2.05, 4.69) is 52.8 Å². The summed E-state index contributed by atoms with van der Waals surface area (Å²) < 4.78 is 0. The first-order valence-electron chi connectivity index (χ1n) is 8.51. The molecule has 1 atom stereocenters. The van der Waals surface area contributed by atoms with Crippen molar-refractivity contribution in [2.24, 2.45) is 17.3 Å². The maximum absolute atomic E-state index is 10.6. The molecule has 0 heterocycles. The van der Waals surface area contributed by atoms with E-state index in [-0.39, 0.29) is 6.10 Å². The summed E-state index contributed by atoms with van der Waals surface area (Å²) >= 11 is 0. The molecule has 0 bridgehead atoms. The topological polar surface area (TPSA) is 20.2 Å². The molecule has 21 heavy (non-hydrogen) atoms. The second-order valence-electron chi connectivity index (χ2n) is 8.17. The highest BCUT2D eigenvalue weighted by molar-refractivity contribution is 5.30. The highest BCUT2D eigenvalue weighted by Crippen LogP contribution is 2.41. The maximum atomic E-state index is 10.6. The fraction of sp³-hybridized carbons (Fsp3) is 0.700. The van der Waals surface area contributed by atoms with Crippen LogP contribution < -0.4 is 0 Å². The van der Waals surface area contributed by atoms with Crippen molar-refractivity contribution in [2.45, 2.75) is 72.8 Å². The average Bonchev–Trinajstić information content (AvgIpc) is 2.42. The summed E-state index contributed by atoms with van der Waals surface area (Å²) in [7, 11) is 0. The van der Waals surface area contributed by atoms with Crippen LogP contribution in [0.5, 0.6) is 0 Å². The lowest BCUT2D eigenvalue weighted by atomic mass is 9.68. The van der Waals surface area contributed by atoms with Crippen LogP contribution >= 0.6 is 0 Å². The fourth-order valence-electron chi connectivity index (χ4n) is 3.71. The van der Waals surface area contributed by atoms with Crippen molar-refractivity contribution in [2.75, 3.05) is 0 Å². The van der Waals surface area contributed by atoms with Gasteiger partial charge in [0.2, 0.25) is 0 Å². The summed E-state index contributed by atoms with van der Waals surface area (Å²) in [6.45, 7) is 11.3. The van der Waals surface area contributed by atoms with Gasteiger partial charge in [-0.3, -0.25) is 0 Å². The van der Waals surface area contributed by atoms with E-state index in [1.165, 1.54) is 42.4 Å². The first kappa shape index (κ1) is 16.5. The van der Waals surface area contributed by atoms with E-state index in [1.807, 2.05) is 0 Å². The summed E-state index contributed by atoms with van der Waals surface area (Å²) in [6.07, 6.45) is 5.57. The molecule has 1 heteroatoms. The minimum atomic E-state index is -0.173. The van der Waals surface area contributed by atoms with Gasteiger partial charge in [0, 0.05) is 0 Å². The molecule has 1 unspecified atom stereocenters. The molecule has 0 radical (unpaired) electrons. The molecule has 0 aliphatic heterocycles. The van der Waals surface area contributed by atoms with Crippen molar-refractivity contribution in [3.05, 3.63) is 34.9 Å². The molecule has 1 aromatic carbocycles. The Labute approximate surface area is 130 Å². The highest BCUT2D eigenvalue weighted by Gasteiger charge is 2.32. The smallest absolute Gasteiger partial charge is 0.0608 e. The Bertz CT molecular complexity index is 461. The fourth-order valence-corrected chi connectivity index (χ4v) is 3.71. The van der Waals surface area contributed by atoms with Crippen molar-refractivity contribution in [1.29, 1.82) is 0 Å². The second kappa shape index (κ2) is 6.52. The van der Waals surface area contributed by atoms with E-state index >= 15 is 0 Å². The Kier molecular flexibility index (Phi) is 5.14. The van der Waals surface area contributed by atoms with Crippen LogP contribution in [-0.4, -0.2) is 11.2 Å². The first-order chi connectivity index (χ1) is 9.77. The molecule has 1 nitrogen and oxygen atoms in total. The van der Waals surface area contributed by atoms with Gasteiger partial charge >= 0.3 is 0 Å². The van der Waals surface area contributed by atoms with Crippen LogP contribution in [0.15, 0.2) is 18.2 Å². The SMILES string of the molecule is Cc1ccc(CC(O)C2CCC(C(C)(C)C)CC2)cc1C. The van der Waals surface area contributed by atoms with E-state index in [0.717, 1.165) is 12.3 Å². The molecule has 1 aliphatic carbocycles. The van der Waals surface area contributed by atoms with Crippen LogP contribution in [0.4, 0.5) is 0 Å². The lowest BCUT2D eigenvalue weighted by Gasteiger charge is -2.38. The number of aliphatic hydroxyl groups is 1. The Morgan fingerprint density at radius 2 is 1.67 bits per heavy atom. The Hall–Kier alpha value is -0.820. The van der Waals surface area contributed by atoms with Crippen LogP contribution in [0, 0.1) is 31.1 Å². The van der Waals surface area contributed by atoms with Crippen molar-refractivity contribution in [3.63, 3.8) is 0 Å². The van der Waals surface area contributed by atoms with Crippen LogP contribution in [0.1, 0.15) is 63.1 Å². The summed E-state index contributed by atoms with van der Waals surface area (Å²) in [5, 5.41) is 10.6. The molecule has 0 spiro atoms. The predicted molar refractivity (Wildman–Crippen MR) is 90.5 cm³/mol. The van der Waals surface area contributed by atoms with Crippen LogP contribution in [0.25, 0.3) is 0 Å². The van der Waals surface area contributed by atoms with Gasteiger partial charge in [-0.2, -0.15) is 0 Å². The maximum Gasteiger partial charge on any atom is 0.0608 e. The molecule has 1 saturated carbocycles. The van der Waals surface area contributed by atoms with E-state index in [9.17, 15) is 5.11 Å². The number of rotatable bonds is 3. The van der Waals surface area contributed by atoms with Gasteiger partial charge in [0.1, 0.15) is 0 Å². The van der Waals surface area contributed by atoms with E-state index in [1.54, 1.807) is 0 Å². The minimum Gasteiger partial charge on any atom is -0.392 e. The van der Waals surface area contributed by atoms with Gasteiger partial charge < -0.3 is 5.11 Å². The Morgan fingerprint density at radius 3 is 2.19 bits per heavy atom. The second-order valence-corrected chi connectivity index (χ2v) is 8.17. The number of aryl methyl sites for hydroxylation is 2. The third kappa shape index (κ3) is 4.32. The molecule has 2 rings (SSSR count). The molecule has 0 amide bonds. The average molecular weight is 288 g/mol. The lowest BCUT2D eigenvalue weighted by Crippen LogP contribution is -2.31. The van der Waals surface area contributed by atoms with Gasteiger partial charge in [0.05, 0.1) is 6.10 Å². The monoisotopic (exact) mass is 288 g/mol. The van der Waals surface area contributed by atoms with Crippen LogP contribution in [-0.2, 0) is 6.42 Å². The summed E-state index contributed by atoms with van der Waals surface area (Å²) in [5.74, 6) is 1.31. The van der Waals surface area contributed by atoms with E-state index < -0.39 is 0 Å². The number of aliphatic hydroxyl groups excluding tert-OH is 1. The summed E-state index contributed by atoms with van der Waals surface area (Å²) in [4.78, 5) is 0. The zero-order valence-electron chi connectivity index (χ0n) is 14.4. The molecule has 0 saturated heterocycles. The zero-order chi connectivity index (χ0) is 15.6. The molecule has 1 fully saturated rings. The molecule has 118 valence electrons. The molecule has 1 aromatic rings. The van der Waals surface area contributed by atoms with Gasteiger partial charge in [0.15, 0.2) is 0 Å². The Balaban J connectivity index is 1.90. The van der Waals surface area contributed by atoms with Gasteiger partial charge in [0.25, 0.3) is 0 Å². The van der Waals surface area contributed by atoms with Gasteiger partial charge in [-0.25, -0.2) is 0 Å². The van der Waals surface area contributed by atoms with Crippen molar-refractivity contribution in [3.8, 4) is 0 Å². The number of benzene rings is 1. The van der Waals surface area contributed by atoms with Crippen LogP contribution in [0.3, 0.4) is 0 Å². The number of hydrogen-bond donors (Lipinski definition) is 1. The third-order valence-corrected chi connectivity index (χ3v) is 5.56. The van der Waals surface area contributed by atoms with Crippen molar-refractivity contribution >= 4 is 0 Å². The van der Waals surface area contributed by atoms with Crippen molar-refractivity contribution < 1.29 is 5.11 Å². The van der Waals surface area contributed by atoms with Crippen LogP contribution in [0.2, 0.25) is 0 Å². The van der Waals surface area contributed by atoms with E-state index in [0.29, 0.717) is 11.3 Å². The predicted octanol–water partition coefficient (Wildman–Crippen LogP) is 5.06. The van der Waals surface area contributed by atoms with Gasteiger partial charge in [-0.05, 0) is 79.9 Å². The molecular formula is C20H32O. The first-order valence-corrected chi connectivity index (χ1v) is 8.51. The minimum absolute atomic E-state index is 0.173. The molecular weight excluding hydrogens is 256 g/mol. The lowest BCUT2D eigenvalue weighted by molar-refractivity contribution is 0.0537. The van der Waals surface area contributed by atoms with Crippen molar-refractivity contribution in [1.82, 2.24) is 0 Å². The van der Waals surface area contributed by atoms with E-state index in [4.69, 9.17) is 0 Å². The largest absolute Gasteiger partial charge is 0.392 e. The Morgan fingerprint density at radius 1 is 1.05 bits per heavy atom. The summed E-state index contributed by atoms with van der Waals surface area (Å²) in [5.41, 5.74) is 4.36. The molecule has 1 aliphatic rings. The molecule has 1 N–H and O–H groups in total. The molecule has 0 aromatic heterocycles. The standard InChI is InChI=1S/C20H32O/c1-14-6-7-16(12-15(14)2)13-19(21)17-8-10-18(11-9-17)20(3,4)5/h6-7,12,17-19,21H,8-11,13H2,1-5H3. The number of hydrogen-bond acceptors (Lipinski definition) is 1. The highest BCUT2D eigenvalue weighted by atomic mass is 16.3. The zero-order valence-corrected chi connectivity index (χ0v) is 14.4. The quantitative estimate of drug-likeness (QED) is 0.824. The third-order valence-electron chi connectivity index (χ3n) is 5.56. The van der Waals surface area contributed by atoms with Gasteiger partial charge in [-0.15, -0.1) is 0 Å². The normalized spacial score (nSPS) is 24.9.